The number of carbonyl (C=O) groups is 2. The molecule has 2 amide bonds. The fraction of sp³-hybridized carbons (Fsp3) is 0.259. The van der Waals surface area contributed by atoms with Gasteiger partial charge in [-0.25, -0.2) is 8.42 Å². The van der Waals surface area contributed by atoms with Crippen molar-refractivity contribution in [3.8, 4) is 5.75 Å². The maximum atomic E-state index is 13.8. The van der Waals surface area contributed by atoms with E-state index in [2.05, 4.69) is 5.32 Å². The number of methoxy groups -OCH3 is 1. The number of carbonyl (C=O) groups excluding carboxylic acids is 2. The van der Waals surface area contributed by atoms with Crippen molar-refractivity contribution in [1.29, 1.82) is 0 Å². The largest absolute Gasteiger partial charge is 0.497 e. The molecule has 11 heteroatoms. The fourth-order valence-corrected chi connectivity index (χ4v) is 5.37. The molecule has 1 N–H and O–H groups in total. The summed E-state index contributed by atoms with van der Waals surface area (Å²) >= 11 is 12.0. The topological polar surface area (TPSA) is 96.0 Å². The molecule has 0 fully saturated rings. The third-order valence-corrected chi connectivity index (χ3v) is 8.12. The van der Waals surface area contributed by atoms with Gasteiger partial charge in [-0.2, -0.15) is 0 Å². The first-order valence-corrected chi connectivity index (χ1v) is 14.0. The molecule has 3 rings (SSSR count). The second kappa shape index (κ2) is 13.0. The highest BCUT2D eigenvalue weighted by Gasteiger charge is 2.32. The lowest BCUT2D eigenvalue weighted by atomic mass is 10.1. The standard InChI is InChI=1S/C27H29Cl2N3O5S/c1-4-30-27(34)19(2)31(17-20-5-7-21(28)8-6-20)26(33)18-32(23-11-9-22(29)10-12-23)38(35,36)25-15-13-24(37-3)14-16-25/h5-16,19H,4,17-18H2,1-3H3,(H,30,34)/t19-/m0/s1. The minimum atomic E-state index is -4.19. The van der Waals surface area contributed by atoms with Gasteiger partial charge < -0.3 is 15.0 Å². The van der Waals surface area contributed by atoms with E-state index in [0.717, 1.165) is 9.87 Å². The minimum Gasteiger partial charge on any atom is -0.497 e. The Morgan fingerprint density at radius 3 is 2.00 bits per heavy atom. The number of hydrogen-bond donors (Lipinski definition) is 1. The van der Waals surface area contributed by atoms with E-state index < -0.39 is 28.5 Å². The summed E-state index contributed by atoms with van der Waals surface area (Å²) in [6, 6.07) is 18.0. The highest BCUT2D eigenvalue weighted by molar-refractivity contribution is 7.92. The van der Waals surface area contributed by atoms with Gasteiger partial charge in [0.25, 0.3) is 10.0 Å². The van der Waals surface area contributed by atoms with Crippen molar-refractivity contribution in [2.75, 3.05) is 24.5 Å². The van der Waals surface area contributed by atoms with Crippen LogP contribution in [-0.2, 0) is 26.2 Å². The Labute approximate surface area is 233 Å². The number of amides is 2. The first-order chi connectivity index (χ1) is 18.1. The summed E-state index contributed by atoms with van der Waals surface area (Å²) in [6.45, 7) is 3.29. The molecule has 1 atom stereocenters. The Kier molecular flexibility index (Phi) is 10.0. The van der Waals surface area contributed by atoms with Crippen LogP contribution in [0, 0.1) is 0 Å². The number of sulfonamides is 1. The first kappa shape index (κ1) is 29.3. The number of hydrogen-bond acceptors (Lipinski definition) is 5. The number of nitrogens with zero attached hydrogens (tertiary/aromatic N) is 2. The molecule has 8 nitrogen and oxygen atoms in total. The maximum Gasteiger partial charge on any atom is 0.264 e. The molecule has 0 saturated carbocycles. The van der Waals surface area contributed by atoms with Gasteiger partial charge in [-0.1, -0.05) is 35.3 Å². The number of benzene rings is 3. The van der Waals surface area contributed by atoms with Crippen molar-refractivity contribution < 1.29 is 22.7 Å². The molecule has 0 aliphatic rings. The van der Waals surface area contributed by atoms with Gasteiger partial charge in [0, 0.05) is 23.1 Å². The Morgan fingerprint density at radius 2 is 1.47 bits per heavy atom. The van der Waals surface area contributed by atoms with E-state index >= 15 is 0 Å². The molecule has 0 radical (unpaired) electrons. The number of halogens is 2. The fourth-order valence-electron chi connectivity index (χ4n) is 3.70. The zero-order chi connectivity index (χ0) is 27.9. The van der Waals surface area contributed by atoms with Gasteiger partial charge >= 0.3 is 0 Å². The molecule has 0 aliphatic carbocycles. The van der Waals surface area contributed by atoms with E-state index in [4.69, 9.17) is 27.9 Å². The van der Waals surface area contributed by atoms with Crippen molar-refractivity contribution in [2.45, 2.75) is 31.3 Å². The average Bonchev–Trinajstić information content (AvgIpc) is 2.91. The van der Waals surface area contributed by atoms with Gasteiger partial charge in [0.2, 0.25) is 11.8 Å². The van der Waals surface area contributed by atoms with Gasteiger partial charge in [-0.15, -0.1) is 0 Å². The van der Waals surface area contributed by atoms with E-state index in [-0.39, 0.29) is 23.0 Å². The number of ether oxygens (including phenoxy) is 1. The smallest absolute Gasteiger partial charge is 0.264 e. The number of rotatable bonds is 11. The van der Waals surface area contributed by atoms with Crippen LogP contribution in [0.15, 0.2) is 77.7 Å². The summed E-state index contributed by atoms with van der Waals surface area (Å²) in [5.41, 5.74) is 0.977. The normalized spacial score (nSPS) is 11.9. The van der Waals surface area contributed by atoms with Gasteiger partial charge in [-0.05, 0) is 80.1 Å². The number of likely N-dealkylation sites (N-methyl/N-ethyl adjacent to an activating group) is 1. The van der Waals surface area contributed by atoms with Crippen LogP contribution in [0.5, 0.6) is 5.75 Å². The van der Waals surface area contributed by atoms with E-state index in [1.54, 1.807) is 50.2 Å². The monoisotopic (exact) mass is 577 g/mol. The summed E-state index contributed by atoms with van der Waals surface area (Å²) in [4.78, 5) is 27.8. The lowest BCUT2D eigenvalue weighted by Crippen LogP contribution is -2.51. The van der Waals surface area contributed by atoms with Crippen LogP contribution in [0.3, 0.4) is 0 Å². The lowest BCUT2D eigenvalue weighted by Gasteiger charge is -2.32. The molecule has 0 heterocycles. The molecule has 0 spiro atoms. The van der Waals surface area contributed by atoms with E-state index in [0.29, 0.717) is 22.3 Å². The third kappa shape index (κ3) is 7.18. The van der Waals surface area contributed by atoms with Gasteiger partial charge in [0.1, 0.15) is 18.3 Å². The Balaban J connectivity index is 2.01. The predicted octanol–water partition coefficient (Wildman–Crippen LogP) is 4.75. The number of nitrogens with one attached hydrogen (secondary N) is 1. The average molecular weight is 579 g/mol. The number of anilines is 1. The summed E-state index contributed by atoms with van der Waals surface area (Å²) in [5, 5.41) is 3.66. The lowest BCUT2D eigenvalue weighted by molar-refractivity contribution is -0.139. The zero-order valence-electron chi connectivity index (χ0n) is 21.2. The Morgan fingerprint density at radius 1 is 0.921 bits per heavy atom. The van der Waals surface area contributed by atoms with Crippen molar-refractivity contribution in [1.82, 2.24) is 10.2 Å². The van der Waals surface area contributed by atoms with Crippen LogP contribution < -0.4 is 14.4 Å². The second-order valence-corrected chi connectivity index (χ2v) is 11.1. The van der Waals surface area contributed by atoms with Gasteiger partial charge in [0.05, 0.1) is 17.7 Å². The van der Waals surface area contributed by atoms with Crippen LogP contribution in [-0.4, -0.2) is 51.4 Å². The maximum absolute atomic E-state index is 13.8. The second-order valence-electron chi connectivity index (χ2n) is 8.38. The molecule has 0 aromatic heterocycles. The van der Waals surface area contributed by atoms with E-state index in [9.17, 15) is 18.0 Å². The van der Waals surface area contributed by atoms with Crippen LogP contribution in [0.2, 0.25) is 10.0 Å². The van der Waals surface area contributed by atoms with Gasteiger partial charge in [0.15, 0.2) is 0 Å². The molecule has 202 valence electrons. The molecule has 0 unspecified atom stereocenters. The summed E-state index contributed by atoms with van der Waals surface area (Å²) < 4.78 is 33.7. The van der Waals surface area contributed by atoms with Crippen molar-refractivity contribution in [3.63, 3.8) is 0 Å². The third-order valence-electron chi connectivity index (χ3n) is 5.83. The molecular weight excluding hydrogens is 549 g/mol. The zero-order valence-corrected chi connectivity index (χ0v) is 23.6. The van der Waals surface area contributed by atoms with Crippen LogP contribution in [0.1, 0.15) is 19.4 Å². The van der Waals surface area contributed by atoms with Crippen molar-refractivity contribution in [2.24, 2.45) is 0 Å². The Bertz CT molecular complexity index is 1350. The highest BCUT2D eigenvalue weighted by atomic mass is 35.5. The molecule has 38 heavy (non-hydrogen) atoms. The van der Waals surface area contributed by atoms with Crippen molar-refractivity contribution >= 4 is 50.7 Å². The molecule has 3 aromatic rings. The first-order valence-electron chi connectivity index (χ1n) is 11.8. The van der Waals surface area contributed by atoms with Crippen LogP contribution in [0.25, 0.3) is 0 Å². The molecule has 3 aromatic carbocycles. The van der Waals surface area contributed by atoms with Crippen molar-refractivity contribution in [3.05, 3.63) is 88.4 Å². The van der Waals surface area contributed by atoms with E-state index in [1.165, 1.54) is 48.4 Å². The minimum absolute atomic E-state index is 0.0259. The quantitative estimate of drug-likeness (QED) is 0.354. The predicted molar refractivity (Wildman–Crippen MR) is 149 cm³/mol. The van der Waals surface area contributed by atoms with Crippen LogP contribution in [0.4, 0.5) is 5.69 Å². The highest BCUT2D eigenvalue weighted by Crippen LogP contribution is 2.27. The van der Waals surface area contributed by atoms with E-state index in [1.807, 2.05) is 0 Å². The van der Waals surface area contributed by atoms with Crippen LogP contribution >= 0.6 is 23.2 Å². The van der Waals surface area contributed by atoms with Gasteiger partial charge in [-0.3, -0.25) is 13.9 Å². The molecular formula is C27H29Cl2N3O5S. The summed E-state index contributed by atoms with van der Waals surface area (Å²) in [6.07, 6.45) is 0. The molecule has 0 bridgehead atoms. The molecule has 0 aliphatic heterocycles. The summed E-state index contributed by atoms with van der Waals surface area (Å²) in [7, 11) is -2.71. The Hall–Kier alpha value is -3.27. The summed E-state index contributed by atoms with van der Waals surface area (Å²) in [5.74, 6) is -0.431. The SMILES string of the molecule is CCNC(=O)[C@H](C)N(Cc1ccc(Cl)cc1)C(=O)CN(c1ccc(Cl)cc1)S(=O)(=O)c1ccc(OC)cc1. The molecule has 0 saturated heterocycles.